The van der Waals surface area contributed by atoms with E-state index in [0.29, 0.717) is 0 Å². The van der Waals surface area contributed by atoms with Gasteiger partial charge in [-0.1, -0.05) is 0 Å². The summed E-state index contributed by atoms with van der Waals surface area (Å²) in [4.78, 5) is 10.0. The van der Waals surface area contributed by atoms with Gasteiger partial charge in [0.2, 0.25) is 0 Å². The van der Waals surface area contributed by atoms with Gasteiger partial charge >= 0.3 is 79.3 Å². The molecule has 2 aromatic carbocycles. The predicted octanol–water partition coefficient (Wildman–Crippen LogP) is 1.18. The second-order valence-corrected chi connectivity index (χ2v) is 2.51. The van der Waals surface area contributed by atoms with Crippen LogP contribution in [0.25, 0.3) is 0 Å². The minimum Gasteiger partial charge on any atom is -0.999 e. The SMILES string of the molecule is Clc1n[c-]n[c-]n1.[C-]#[O+].[C-]#[O+].[C-]#[O+].[C-]#[O+].[Fe+6].[Fe+6].[c-]1[c-][c-][cH-][c-]1.[c-]1[c-][c-][cH-][c-]1. The van der Waals surface area contributed by atoms with Crippen LogP contribution in [0.15, 0.2) is 12.1 Å². The van der Waals surface area contributed by atoms with E-state index in [-0.39, 0.29) is 39.4 Å². The number of rotatable bonds is 0. The summed E-state index contributed by atoms with van der Waals surface area (Å²) in [6.45, 7) is 18.0. The zero-order valence-corrected chi connectivity index (χ0v) is 15.7. The van der Waals surface area contributed by atoms with Crippen LogP contribution in [0.1, 0.15) is 0 Å². The Morgan fingerprint density at radius 2 is 0.889 bits per heavy atom. The van der Waals surface area contributed by atoms with Crippen LogP contribution in [0, 0.1) is 87.8 Å². The van der Waals surface area contributed by atoms with Crippen molar-refractivity contribution >= 4 is 11.6 Å². The van der Waals surface area contributed by atoms with E-state index in [0.717, 1.165) is 0 Å². The second kappa shape index (κ2) is 49.6. The standard InChI is InChI=1S/2C5H.C3ClN3.4CO.2Fe/c2*1-2-4-5-3-1;4-3-6-1-5-2-7-3;4*1-2;;/h2*1H;;;;;;;/q2*-5;-2;;;;;2*+6. The molecule has 0 radical (unpaired) electrons. The Kier molecular flexibility index (Phi) is 73.3. The first-order valence-corrected chi connectivity index (χ1v) is 5.38. The number of halogens is 1. The van der Waals surface area contributed by atoms with Gasteiger partial charge in [0.1, 0.15) is 0 Å². The van der Waals surface area contributed by atoms with Crippen molar-refractivity contribution in [2.75, 3.05) is 0 Å². The number of nitrogens with zero attached hydrogens (tertiary/aromatic N) is 3. The van der Waals surface area contributed by atoms with Crippen LogP contribution in [0.3, 0.4) is 0 Å². The molecule has 0 N–H and O–H groups in total. The molecule has 0 unspecified atom stereocenters. The summed E-state index contributed by atoms with van der Waals surface area (Å²) in [7, 11) is 0. The number of hydrogen-bond acceptors (Lipinski definition) is 3. The summed E-state index contributed by atoms with van der Waals surface area (Å²) in [6.07, 6.45) is 4.42. The Morgan fingerprint density at radius 1 is 0.630 bits per heavy atom. The van der Waals surface area contributed by atoms with Crippen molar-refractivity contribution in [3.8, 4) is 0 Å². The molecule has 0 bridgehead atoms. The monoisotopic (exact) mass is 459 g/mol. The fraction of sp³-hybridized carbons (Fsp3) is 0. The molecule has 10 heteroatoms. The van der Waals surface area contributed by atoms with Gasteiger partial charge in [-0.25, -0.2) is 11.6 Å². The van der Waals surface area contributed by atoms with Gasteiger partial charge in [-0.05, 0) is 5.28 Å². The Hall–Kier alpha value is -2.00. The minimum atomic E-state index is 0. The Bertz CT molecular complexity index is 529. The van der Waals surface area contributed by atoms with Gasteiger partial charge in [-0.2, -0.15) is 12.7 Å². The van der Waals surface area contributed by atoms with Crippen molar-refractivity contribution in [1.82, 2.24) is 15.0 Å². The average Bonchev–Trinajstić information content (AvgIpc) is 3.47. The molecule has 132 valence electrons. The average molecular weight is 459 g/mol. The molecule has 0 aliphatic heterocycles. The zero-order chi connectivity index (χ0) is 20.2. The summed E-state index contributed by atoms with van der Waals surface area (Å²) >= 11 is 5.21. The van der Waals surface area contributed by atoms with Crippen LogP contribution in [0.4, 0.5) is 0 Å². The van der Waals surface area contributed by atoms with Crippen molar-refractivity contribution in [2.24, 2.45) is 0 Å². The molecule has 27 heavy (non-hydrogen) atoms. The van der Waals surface area contributed by atoms with Gasteiger partial charge in [-0.15, -0.1) is 0 Å². The maximum atomic E-state index is 7.50. The molecular formula is C17H2ClFe2N3O4. The van der Waals surface area contributed by atoms with Crippen LogP contribution < -0.4 is 0 Å². The van der Waals surface area contributed by atoms with Crippen LogP contribution in [-0.4, -0.2) is 15.0 Å². The molecule has 1 heterocycles. The van der Waals surface area contributed by atoms with Crippen molar-refractivity contribution in [2.45, 2.75) is 0 Å². The molecule has 0 saturated heterocycles. The van der Waals surface area contributed by atoms with Gasteiger partial charge in [0.15, 0.2) is 0 Å². The molecular weight excluding hydrogens is 457 g/mol. The van der Waals surface area contributed by atoms with E-state index in [2.05, 4.69) is 103 Å². The quantitative estimate of drug-likeness (QED) is 0.285. The van der Waals surface area contributed by atoms with E-state index in [9.17, 15) is 0 Å². The van der Waals surface area contributed by atoms with Gasteiger partial charge in [0.25, 0.3) is 0 Å². The van der Waals surface area contributed by atoms with E-state index in [1.54, 1.807) is 12.1 Å². The number of hydrogen-bond donors (Lipinski definition) is 0. The maximum absolute atomic E-state index is 7.50. The predicted molar refractivity (Wildman–Crippen MR) is 73.0 cm³/mol. The third-order valence-electron chi connectivity index (χ3n) is 1.09. The van der Waals surface area contributed by atoms with Crippen LogP contribution in [0.2, 0.25) is 5.28 Å². The van der Waals surface area contributed by atoms with Crippen molar-refractivity contribution in [3.63, 3.8) is 0 Å². The largest absolute Gasteiger partial charge is 6.00 e. The van der Waals surface area contributed by atoms with Gasteiger partial charge in [-0.3, -0.25) is 0 Å². The van der Waals surface area contributed by atoms with Crippen LogP contribution in [0.5, 0.6) is 0 Å². The molecule has 0 atom stereocenters. The van der Waals surface area contributed by atoms with Gasteiger partial charge in [0, 0.05) is 0 Å². The topological polar surface area (TPSA) is 118 Å². The Balaban J connectivity index is -0.0000000506. The molecule has 0 saturated carbocycles. The van der Waals surface area contributed by atoms with E-state index >= 15 is 0 Å². The molecule has 0 aliphatic rings. The van der Waals surface area contributed by atoms with E-state index < -0.39 is 0 Å². The fourth-order valence-corrected chi connectivity index (χ4v) is 0.616. The molecule has 1 aromatic heterocycles. The molecule has 0 spiro atoms. The first-order valence-electron chi connectivity index (χ1n) is 5.00. The van der Waals surface area contributed by atoms with Crippen LogP contribution in [-0.2, 0) is 52.7 Å². The minimum absolute atomic E-state index is 0. The summed E-state index contributed by atoms with van der Waals surface area (Å²) < 4.78 is 30.0. The van der Waals surface area contributed by atoms with E-state index in [1.165, 1.54) is 0 Å². The van der Waals surface area contributed by atoms with Crippen molar-refractivity contribution < 1.29 is 52.7 Å². The zero-order valence-electron chi connectivity index (χ0n) is 12.7. The fourth-order valence-electron chi connectivity index (χ4n) is 0.541. The maximum Gasteiger partial charge on any atom is 6.00 e. The molecule has 0 fully saturated rings. The first-order chi connectivity index (χ1) is 12.4. The van der Waals surface area contributed by atoms with Crippen molar-refractivity contribution in [1.29, 1.82) is 0 Å². The summed E-state index contributed by atoms with van der Waals surface area (Å²) in [5.74, 6) is 0. The molecule has 0 amide bonds. The Morgan fingerprint density at radius 3 is 1.00 bits per heavy atom. The van der Waals surface area contributed by atoms with Gasteiger partial charge < -0.3 is 75.6 Å². The third kappa shape index (κ3) is 45.4. The number of aromatic nitrogens is 3. The first kappa shape index (κ1) is 39.9. The normalized spacial score (nSPS) is 5.52. The second-order valence-electron chi connectivity index (χ2n) is 2.17. The molecule has 0 aliphatic carbocycles. The summed E-state index contributed by atoms with van der Waals surface area (Å²) in [5.41, 5.74) is 0. The Labute approximate surface area is 184 Å². The smallest absolute Gasteiger partial charge is 0.999 e. The molecule has 7 nitrogen and oxygen atoms in total. The van der Waals surface area contributed by atoms with Gasteiger partial charge in [0.05, 0.1) is 0 Å². The van der Waals surface area contributed by atoms with Crippen LogP contribution >= 0.6 is 11.6 Å². The summed E-state index contributed by atoms with van der Waals surface area (Å²) in [6, 6.07) is 24.0. The molecule has 3 rings (SSSR count). The summed E-state index contributed by atoms with van der Waals surface area (Å²) in [5, 5.41) is 0.120. The third-order valence-corrected chi connectivity index (χ3v) is 1.26. The molecule has 3 aromatic rings. The van der Waals surface area contributed by atoms with E-state index in [1.807, 2.05) is 0 Å². The van der Waals surface area contributed by atoms with Crippen molar-refractivity contribution in [3.05, 3.63) is 105 Å². The van der Waals surface area contributed by atoms with E-state index in [4.69, 9.17) is 30.2 Å².